The van der Waals surface area contributed by atoms with E-state index in [4.69, 9.17) is 4.74 Å². The number of thioether (sulfide) groups is 1. The number of carbonyl (C=O) groups is 1. The SMILES string of the molecule is Cc1cc(C)cc(OC(C)c2nnc(SCC(=O)Nc3sc4c(c3C#N)CCCCC4)n2C)c1. The molecule has 0 fully saturated rings. The van der Waals surface area contributed by atoms with Crippen LogP contribution in [0, 0.1) is 25.2 Å². The van der Waals surface area contributed by atoms with Crippen LogP contribution < -0.4 is 10.1 Å². The van der Waals surface area contributed by atoms with Gasteiger partial charge in [-0.1, -0.05) is 24.2 Å². The van der Waals surface area contributed by atoms with E-state index in [1.807, 2.05) is 44.5 Å². The number of amides is 1. The third-order valence-electron chi connectivity index (χ3n) is 5.86. The summed E-state index contributed by atoms with van der Waals surface area (Å²) in [5.74, 6) is 1.52. The van der Waals surface area contributed by atoms with Gasteiger partial charge in [0.15, 0.2) is 17.1 Å². The van der Waals surface area contributed by atoms with Gasteiger partial charge in [-0.05, 0) is 75.3 Å². The van der Waals surface area contributed by atoms with Gasteiger partial charge < -0.3 is 14.6 Å². The van der Waals surface area contributed by atoms with Crippen LogP contribution in [0.15, 0.2) is 23.4 Å². The van der Waals surface area contributed by atoms with Gasteiger partial charge in [-0.15, -0.1) is 21.5 Å². The Kier molecular flexibility index (Phi) is 7.59. The number of anilines is 1. The van der Waals surface area contributed by atoms with E-state index in [0.717, 1.165) is 48.1 Å². The Hall–Kier alpha value is -2.83. The first-order valence-electron chi connectivity index (χ1n) is 11.5. The maximum absolute atomic E-state index is 12.7. The van der Waals surface area contributed by atoms with Crippen LogP contribution in [-0.2, 0) is 24.7 Å². The lowest BCUT2D eigenvalue weighted by atomic mass is 10.1. The fourth-order valence-corrected chi connectivity index (χ4v) is 6.28. The average Bonchev–Trinajstić information content (AvgIpc) is 3.21. The second-order valence-corrected chi connectivity index (χ2v) is 10.7. The molecule has 1 aromatic carbocycles. The maximum Gasteiger partial charge on any atom is 0.235 e. The molecular weight excluding hydrogens is 466 g/mol. The molecule has 0 spiro atoms. The Bertz CT molecular complexity index is 1220. The number of nitrogens with one attached hydrogen (secondary N) is 1. The van der Waals surface area contributed by atoms with Crippen molar-refractivity contribution in [1.82, 2.24) is 14.8 Å². The Morgan fingerprint density at radius 1 is 1.24 bits per heavy atom. The van der Waals surface area contributed by atoms with Crippen molar-refractivity contribution in [3.05, 3.63) is 51.2 Å². The number of ether oxygens (including phenoxy) is 1. The monoisotopic (exact) mass is 495 g/mol. The van der Waals surface area contributed by atoms with E-state index >= 15 is 0 Å². The summed E-state index contributed by atoms with van der Waals surface area (Å²) < 4.78 is 7.95. The number of rotatable bonds is 7. The quantitative estimate of drug-likeness (QED) is 0.343. The van der Waals surface area contributed by atoms with Crippen molar-refractivity contribution >= 4 is 34.0 Å². The summed E-state index contributed by atoms with van der Waals surface area (Å²) in [5, 5.41) is 22.5. The van der Waals surface area contributed by atoms with E-state index < -0.39 is 0 Å². The van der Waals surface area contributed by atoms with Crippen molar-refractivity contribution in [2.45, 2.75) is 64.1 Å². The minimum Gasteiger partial charge on any atom is -0.483 e. The molecule has 2 aromatic heterocycles. The predicted octanol–water partition coefficient (Wildman–Crippen LogP) is 5.50. The second-order valence-electron chi connectivity index (χ2n) is 8.70. The van der Waals surface area contributed by atoms with Crippen LogP contribution in [0.1, 0.15) is 65.2 Å². The van der Waals surface area contributed by atoms with Gasteiger partial charge in [-0.3, -0.25) is 4.79 Å². The molecule has 34 heavy (non-hydrogen) atoms. The average molecular weight is 496 g/mol. The first kappa shape index (κ1) is 24.3. The smallest absolute Gasteiger partial charge is 0.235 e. The molecule has 0 bridgehead atoms. The molecule has 1 unspecified atom stereocenters. The summed E-state index contributed by atoms with van der Waals surface area (Å²) in [5.41, 5.74) is 4.05. The Balaban J connectivity index is 1.38. The first-order valence-corrected chi connectivity index (χ1v) is 13.3. The molecule has 4 rings (SSSR count). The Morgan fingerprint density at radius 2 is 1.97 bits per heavy atom. The van der Waals surface area contributed by atoms with Gasteiger partial charge in [-0.25, -0.2) is 0 Å². The molecule has 0 saturated carbocycles. The second kappa shape index (κ2) is 10.6. The van der Waals surface area contributed by atoms with Crippen LogP contribution in [0.2, 0.25) is 0 Å². The van der Waals surface area contributed by atoms with E-state index in [1.54, 1.807) is 11.3 Å². The van der Waals surface area contributed by atoms with Gasteiger partial charge in [0.05, 0.1) is 11.3 Å². The number of fused-ring (bicyclic) bond motifs is 1. The number of aryl methyl sites for hydroxylation is 3. The molecule has 178 valence electrons. The molecule has 1 aliphatic rings. The van der Waals surface area contributed by atoms with Gasteiger partial charge in [0.2, 0.25) is 5.91 Å². The highest BCUT2D eigenvalue weighted by molar-refractivity contribution is 7.99. The van der Waals surface area contributed by atoms with Crippen LogP contribution in [0.25, 0.3) is 0 Å². The molecule has 3 aromatic rings. The molecule has 1 atom stereocenters. The molecule has 0 radical (unpaired) electrons. The summed E-state index contributed by atoms with van der Waals surface area (Å²) in [4.78, 5) is 13.9. The lowest BCUT2D eigenvalue weighted by molar-refractivity contribution is -0.113. The van der Waals surface area contributed by atoms with Gasteiger partial charge in [0.1, 0.15) is 16.8 Å². The third kappa shape index (κ3) is 5.45. The molecular formula is C25H29N5O2S2. The van der Waals surface area contributed by atoms with Gasteiger partial charge in [0.25, 0.3) is 0 Å². The molecule has 1 amide bonds. The highest BCUT2D eigenvalue weighted by atomic mass is 32.2. The van der Waals surface area contributed by atoms with Crippen molar-refractivity contribution in [1.29, 1.82) is 5.26 Å². The molecule has 2 heterocycles. The molecule has 1 N–H and O–H groups in total. The predicted molar refractivity (Wildman–Crippen MR) is 136 cm³/mol. The topological polar surface area (TPSA) is 92.8 Å². The largest absolute Gasteiger partial charge is 0.483 e. The van der Waals surface area contributed by atoms with E-state index in [0.29, 0.717) is 21.5 Å². The molecule has 7 nitrogen and oxygen atoms in total. The number of thiophene rings is 1. The zero-order valence-electron chi connectivity index (χ0n) is 20.0. The Morgan fingerprint density at radius 3 is 2.71 bits per heavy atom. The summed E-state index contributed by atoms with van der Waals surface area (Å²) in [6, 6.07) is 8.41. The number of hydrogen-bond acceptors (Lipinski definition) is 7. The number of aromatic nitrogens is 3. The fraction of sp³-hybridized carbons (Fsp3) is 0.440. The number of nitriles is 1. The number of nitrogens with zero attached hydrogens (tertiary/aromatic N) is 4. The van der Waals surface area contributed by atoms with Crippen LogP contribution in [0.3, 0.4) is 0 Å². The van der Waals surface area contributed by atoms with E-state index in [9.17, 15) is 10.1 Å². The van der Waals surface area contributed by atoms with Crippen LogP contribution in [0.4, 0.5) is 5.00 Å². The highest BCUT2D eigenvalue weighted by Crippen LogP contribution is 2.37. The summed E-state index contributed by atoms with van der Waals surface area (Å²) in [6.07, 6.45) is 5.05. The third-order valence-corrected chi connectivity index (χ3v) is 8.09. The van der Waals surface area contributed by atoms with E-state index in [2.05, 4.69) is 27.6 Å². The van der Waals surface area contributed by atoms with Crippen molar-refractivity contribution in [3.8, 4) is 11.8 Å². The molecule has 9 heteroatoms. The van der Waals surface area contributed by atoms with Crippen LogP contribution >= 0.6 is 23.1 Å². The van der Waals surface area contributed by atoms with Gasteiger partial charge >= 0.3 is 0 Å². The molecule has 0 saturated heterocycles. The number of hydrogen-bond donors (Lipinski definition) is 1. The summed E-state index contributed by atoms with van der Waals surface area (Å²) in [7, 11) is 1.88. The van der Waals surface area contributed by atoms with Gasteiger partial charge in [0, 0.05) is 11.9 Å². The lowest BCUT2D eigenvalue weighted by Gasteiger charge is -2.15. The van der Waals surface area contributed by atoms with Crippen molar-refractivity contribution in [2.24, 2.45) is 7.05 Å². The zero-order chi connectivity index (χ0) is 24.2. The zero-order valence-corrected chi connectivity index (χ0v) is 21.6. The molecule has 0 aliphatic heterocycles. The number of carbonyl (C=O) groups excluding carboxylic acids is 1. The Labute approximate surface area is 208 Å². The van der Waals surface area contributed by atoms with E-state index in [-0.39, 0.29) is 17.8 Å². The van der Waals surface area contributed by atoms with Crippen LogP contribution in [0.5, 0.6) is 5.75 Å². The number of benzene rings is 1. The minimum atomic E-state index is -0.290. The van der Waals surface area contributed by atoms with Crippen molar-refractivity contribution < 1.29 is 9.53 Å². The van der Waals surface area contributed by atoms with Gasteiger partial charge in [-0.2, -0.15) is 5.26 Å². The standard InChI is InChI=1S/C25H29N5O2S2/c1-15-10-16(2)12-18(11-15)32-17(3)23-28-29-25(30(23)4)33-14-22(31)27-24-20(13-26)19-8-6-5-7-9-21(19)34-24/h10-12,17H,5-9,14H2,1-4H3,(H,27,31). The lowest BCUT2D eigenvalue weighted by Crippen LogP contribution is -2.15. The summed E-state index contributed by atoms with van der Waals surface area (Å²) >= 11 is 2.87. The molecule has 1 aliphatic carbocycles. The van der Waals surface area contributed by atoms with E-state index in [1.165, 1.54) is 23.1 Å². The van der Waals surface area contributed by atoms with Crippen LogP contribution in [-0.4, -0.2) is 26.4 Å². The maximum atomic E-state index is 12.7. The fourth-order valence-electron chi connectivity index (χ4n) is 4.31. The highest BCUT2D eigenvalue weighted by Gasteiger charge is 2.22. The van der Waals surface area contributed by atoms with Crippen molar-refractivity contribution in [2.75, 3.05) is 11.1 Å². The normalized spacial score (nSPS) is 14.1. The first-order chi connectivity index (χ1) is 16.4. The van der Waals surface area contributed by atoms with Crippen molar-refractivity contribution in [3.63, 3.8) is 0 Å². The summed E-state index contributed by atoms with van der Waals surface area (Å²) in [6.45, 7) is 6.02. The minimum absolute atomic E-state index is 0.151.